The smallest absolute Gasteiger partial charge is 0.135 e. The summed E-state index contributed by atoms with van der Waals surface area (Å²) in [4.78, 5) is 5.07. The van der Waals surface area contributed by atoms with E-state index in [2.05, 4.69) is 4.98 Å². The first-order valence-electron chi connectivity index (χ1n) is 3.57. The molecule has 2 rings (SSSR count). The van der Waals surface area contributed by atoms with Gasteiger partial charge in [0.1, 0.15) is 5.84 Å². The molecule has 0 bridgehead atoms. The van der Waals surface area contributed by atoms with Gasteiger partial charge in [0.25, 0.3) is 0 Å². The van der Waals surface area contributed by atoms with Crippen LogP contribution in [0, 0.1) is 5.41 Å². The number of thiazole rings is 1. The largest absolute Gasteiger partial charge is 0.383 e. The maximum Gasteiger partial charge on any atom is 0.135 e. The van der Waals surface area contributed by atoms with Crippen molar-refractivity contribution in [3.63, 3.8) is 0 Å². The van der Waals surface area contributed by atoms with Crippen LogP contribution in [0.3, 0.4) is 0 Å². The molecule has 0 amide bonds. The number of hydrogen-bond acceptors (Lipinski definition) is 3. The molecule has 0 unspecified atom stereocenters. The van der Waals surface area contributed by atoms with E-state index in [0.29, 0.717) is 5.92 Å². The van der Waals surface area contributed by atoms with Gasteiger partial charge in [0.05, 0.1) is 16.1 Å². The monoisotopic (exact) mass is 167 g/mol. The van der Waals surface area contributed by atoms with Crippen molar-refractivity contribution in [3.05, 3.63) is 16.1 Å². The molecule has 1 heterocycles. The third kappa shape index (κ3) is 1.14. The van der Waals surface area contributed by atoms with Crippen LogP contribution in [0.5, 0.6) is 0 Å². The van der Waals surface area contributed by atoms with Crippen LogP contribution in [0.1, 0.15) is 29.3 Å². The molecule has 11 heavy (non-hydrogen) atoms. The van der Waals surface area contributed by atoms with Gasteiger partial charge in [-0.05, 0) is 12.8 Å². The van der Waals surface area contributed by atoms with Crippen LogP contribution in [0.2, 0.25) is 0 Å². The first-order chi connectivity index (χ1) is 5.29. The summed E-state index contributed by atoms with van der Waals surface area (Å²) in [6, 6.07) is 0. The van der Waals surface area contributed by atoms with Gasteiger partial charge >= 0.3 is 0 Å². The lowest BCUT2D eigenvalue weighted by Gasteiger charge is -1.95. The molecule has 3 nitrogen and oxygen atoms in total. The number of hydrogen-bond donors (Lipinski definition) is 2. The Balaban J connectivity index is 2.37. The van der Waals surface area contributed by atoms with Crippen molar-refractivity contribution in [2.45, 2.75) is 18.8 Å². The standard InChI is InChI=1S/C7H9N3S/c8-7(9)6-5(4-1-2-4)10-3-11-6/h3-4H,1-2H2,(H3,8,9). The topological polar surface area (TPSA) is 62.8 Å². The van der Waals surface area contributed by atoms with E-state index in [4.69, 9.17) is 11.1 Å². The minimum Gasteiger partial charge on any atom is -0.383 e. The van der Waals surface area contributed by atoms with Crippen LogP contribution >= 0.6 is 11.3 Å². The van der Waals surface area contributed by atoms with Crippen LogP contribution in [-0.4, -0.2) is 10.8 Å². The molecule has 1 aliphatic carbocycles. The van der Waals surface area contributed by atoms with Crippen LogP contribution in [0.25, 0.3) is 0 Å². The normalized spacial score (nSPS) is 16.7. The molecule has 1 aliphatic rings. The van der Waals surface area contributed by atoms with E-state index in [0.717, 1.165) is 10.6 Å². The van der Waals surface area contributed by atoms with Gasteiger partial charge in [0.15, 0.2) is 0 Å². The summed E-state index contributed by atoms with van der Waals surface area (Å²) in [5, 5.41) is 7.26. The van der Waals surface area contributed by atoms with Crippen LogP contribution in [0.4, 0.5) is 0 Å². The lowest BCUT2D eigenvalue weighted by Crippen LogP contribution is -2.11. The summed E-state index contributed by atoms with van der Waals surface area (Å²) in [5.41, 5.74) is 8.19. The molecular formula is C7H9N3S. The molecule has 4 heteroatoms. The zero-order valence-electron chi connectivity index (χ0n) is 6.00. The van der Waals surface area contributed by atoms with Crippen LogP contribution < -0.4 is 5.73 Å². The van der Waals surface area contributed by atoms with Gasteiger partial charge in [0.2, 0.25) is 0 Å². The third-order valence-electron chi connectivity index (χ3n) is 1.80. The fourth-order valence-corrected chi connectivity index (χ4v) is 1.84. The number of nitrogens with zero attached hydrogens (tertiary/aromatic N) is 1. The quantitative estimate of drug-likeness (QED) is 0.515. The van der Waals surface area contributed by atoms with Gasteiger partial charge in [0, 0.05) is 5.92 Å². The first kappa shape index (κ1) is 6.79. The van der Waals surface area contributed by atoms with E-state index in [-0.39, 0.29) is 5.84 Å². The molecule has 0 aromatic carbocycles. The molecular weight excluding hydrogens is 158 g/mol. The van der Waals surface area contributed by atoms with Crippen molar-refractivity contribution < 1.29 is 0 Å². The molecule has 3 N–H and O–H groups in total. The summed E-state index contributed by atoms with van der Waals surface area (Å²) in [5.74, 6) is 0.759. The Bertz CT molecular complexity index is 288. The minimum atomic E-state index is 0.161. The summed E-state index contributed by atoms with van der Waals surface area (Å²) in [7, 11) is 0. The lowest BCUT2D eigenvalue weighted by molar-refractivity contribution is 1.04. The van der Waals surface area contributed by atoms with Crippen molar-refractivity contribution in [2.75, 3.05) is 0 Å². The van der Waals surface area contributed by atoms with E-state index < -0.39 is 0 Å². The zero-order valence-corrected chi connectivity index (χ0v) is 6.82. The Morgan fingerprint density at radius 2 is 2.45 bits per heavy atom. The maximum atomic E-state index is 7.26. The molecule has 58 valence electrons. The van der Waals surface area contributed by atoms with Crippen molar-refractivity contribution in [1.29, 1.82) is 5.41 Å². The Morgan fingerprint density at radius 1 is 1.73 bits per heavy atom. The number of rotatable bonds is 2. The third-order valence-corrected chi connectivity index (χ3v) is 2.68. The predicted molar refractivity (Wildman–Crippen MR) is 45.1 cm³/mol. The van der Waals surface area contributed by atoms with Gasteiger partial charge in [-0.1, -0.05) is 0 Å². The van der Waals surface area contributed by atoms with Crippen molar-refractivity contribution in [2.24, 2.45) is 5.73 Å². The predicted octanol–water partition coefficient (Wildman–Crippen LogP) is 1.30. The Labute approximate surface area is 68.8 Å². The number of nitrogen functional groups attached to an aromatic ring is 1. The average Bonchev–Trinajstić information content (AvgIpc) is 2.68. The highest BCUT2D eigenvalue weighted by molar-refractivity contribution is 7.11. The highest BCUT2D eigenvalue weighted by atomic mass is 32.1. The highest BCUT2D eigenvalue weighted by Gasteiger charge is 2.28. The summed E-state index contributed by atoms with van der Waals surface area (Å²) >= 11 is 1.47. The number of aromatic nitrogens is 1. The lowest BCUT2D eigenvalue weighted by atomic mass is 10.2. The van der Waals surface area contributed by atoms with Gasteiger partial charge in [-0.3, -0.25) is 5.41 Å². The van der Waals surface area contributed by atoms with Crippen molar-refractivity contribution >= 4 is 17.2 Å². The van der Waals surface area contributed by atoms with Crippen molar-refractivity contribution in [3.8, 4) is 0 Å². The molecule has 0 radical (unpaired) electrons. The molecule has 1 aromatic rings. The van der Waals surface area contributed by atoms with Gasteiger partial charge in [-0.25, -0.2) is 4.98 Å². The molecule has 1 fully saturated rings. The second kappa shape index (κ2) is 2.30. The van der Waals surface area contributed by atoms with E-state index in [1.807, 2.05) is 0 Å². The van der Waals surface area contributed by atoms with E-state index >= 15 is 0 Å². The highest BCUT2D eigenvalue weighted by Crippen LogP contribution is 2.41. The number of amidine groups is 1. The van der Waals surface area contributed by atoms with E-state index in [1.165, 1.54) is 24.2 Å². The Kier molecular flexibility index (Phi) is 1.42. The summed E-state index contributed by atoms with van der Waals surface area (Å²) in [6.07, 6.45) is 2.42. The van der Waals surface area contributed by atoms with Crippen molar-refractivity contribution in [1.82, 2.24) is 4.98 Å². The van der Waals surface area contributed by atoms with Crippen LogP contribution in [-0.2, 0) is 0 Å². The summed E-state index contributed by atoms with van der Waals surface area (Å²) < 4.78 is 0. The Morgan fingerprint density at radius 3 is 3.00 bits per heavy atom. The SMILES string of the molecule is N=C(N)c1scnc1C1CC1. The molecule has 1 saturated carbocycles. The van der Waals surface area contributed by atoms with Gasteiger partial charge < -0.3 is 5.73 Å². The fourth-order valence-electron chi connectivity index (χ4n) is 1.10. The second-order valence-corrected chi connectivity index (χ2v) is 3.61. The molecule has 0 atom stereocenters. The molecule has 0 spiro atoms. The number of nitrogens with two attached hydrogens (primary N) is 1. The fraction of sp³-hybridized carbons (Fsp3) is 0.429. The minimum absolute atomic E-state index is 0.161. The first-order valence-corrected chi connectivity index (χ1v) is 4.45. The molecule has 1 aromatic heterocycles. The van der Waals surface area contributed by atoms with E-state index in [9.17, 15) is 0 Å². The van der Waals surface area contributed by atoms with Crippen LogP contribution in [0.15, 0.2) is 5.51 Å². The van der Waals surface area contributed by atoms with Gasteiger partial charge in [-0.15, -0.1) is 11.3 Å². The number of nitrogens with one attached hydrogen (secondary N) is 1. The van der Waals surface area contributed by atoms with Gasteiger partial charge in [-0.2, -0.15) is 0 Å². The molecule has 0 saturated heterocycles. The zero-order chi connectivity index (χ0) is 7.84. The maximum absolute atomic E-state index is 7.26. The Hall–Kier alpha value is -0.900. The second-order valence-electron chi connectivity index (χ2n) is 2.75. The average molecular weight is 167 g/mol. The summed E-state index contributed by atoms with van der Waals surface area (Å²) in [6.45, 7) is 0. The van der Waals surface area contributed by atoms with E-state index in [1.54, 1.807) is 5.51 Å². The molecule has 0 aliphatic heterocycles.